The molecule has 4 aromatic carbocycles. The van der Waals surface area contributed by atoms with Crippen LogP contribution in [-0.2, 0) is 16.0 Å². The summed E-state index contributed by atoms with van der Waals surface area (Å²) >= 11 is 23.6. The van der Waals surface area contributed by atoms with E-state index >= 15 is 0 Å². The largest absolute Gasteiger partial charge is 0.493 e. The number of carbonyl (C=O) groups is 2. The summed E-state index contributed by atoms with van der Waals surface area (Å²) < 4.78 is 43.2. The molecular weight excluding hydrogens is 972 g/mol. The summed E-state index contributed by atoms with van der Waals surface area (Å²) in [6.07, 6.45) is 0.0987. The van der Waals surface area contributed by atoms with Gasteiger partial charge in [0.25, 0.3) is 5.91 Å². The van der Waals surface area contributed by atoms with E-state index in [1.165, 1.54) is 14.2 Å². The molecule has 0 saturated heterocycles. The van der Waals surface area contributed by atoms with Crippen molar-refractivity contribution >= 4 is 108 Å². The molecule has 1 aliphatic heterocycles. The Morgan fingerprint density at radius 2 is 0.926 bits per heavy atom. The molecule has 0 bridgehead atoms. The maximum absolute atomic E-state index is 11.2. The van der Waals surface area contributed by atoms with E-state index in [1.807, 2.05) is 17.4 Å². The van der Waals surface area contributed by atoms with Gasteiger partial charge < -0.3 is 48.6 Å². The van der Waals surface area contributed by atoms with Crippen molar-refractivity contribution in [3.63, 3.8) is 0 Å². The molecule has 0 saturated carbocycles. The summed E-state index contributed by atoms with van der Waals surface area (Å²) in [7, 11) is 12.4. The van der Waals surface area contributed by atoms with Crippen molar-refractivity contribution in [1.82, 2.24) is 39.5 Å². The SMILES string of the molecule is COc1cc2c(cc1OC)NC(=O)C(=O)C2.COc1cc2nc(Cl)c(Cl)nc2cc1OC.COc1cc2nc(Cl)c(NN)nc2cc1OC.COc1cc2nc(Cl)c3nnc(C)n3c2cc1OC. The van der Waals surface area contributed by atoms with Crippen LogP contribution in [0.2, 0.25) is 20.6 Å². The third kappa shape index (κ3) is 10.7. The highest BCUT2D eigenvalue weighted by molar-refractivity contribution is 6.42. The molecule has 68 heavy (non-hydrogen) atoms. The fourth-order valence-corrected chi connectivity index (χ4v) is 7.16. The van der Waals surface area contributed by atoms with Gasteiger partial charge in [0.2, 0.25) is 5.78 Å². The molecule has 0 atom stereocenters. The van der Waals surface area contributed by atoms with Gasteiger partial charge in [-0.1, -0.05) is 46.4 Å². The number of carbonyl (C=O) groups excluding carboxylic acids is 2. The molecule has 5 heterocycles. The smallest absolute Gasteiger partial charge is 0.292 e. The Balaban J connectivity index is 0.000000150. The summed E-state index contributed by atoms with van der Waals surface area (Å²) in [5.74, 6) is 9.86. The summed E-state index contributed by atoms with van der Waals surface area (Å²) in [5, 5.41) is 11.4. The minimum atomic E-state index is -0.584. The third-order valence-corrected chi connectivity index (χ3v) is 10.9. The monoisotopic (exact) mass is 1010 g/mol. The summed E-state index contributed by atoms with van der Waals surface area (Å²) in [6, 6.07) is 13.8. The number of amides is 1. The summed E-state index contributed by atoms with van der Waals surface area (Å²) in [6.45, 7) is 1.85. The molecule has 0 fully saturated rings. The van der Waals surface area contributed by atoms with Crippen LogP contribution in [0.1, 0.15) is 11.4 Å². The van der Waals surface area contributed by atoms with Gasteiger partial charge in [-0.05, 0) is 18.6 Å². The number of nitrogens with one attached hydrogen (secondary N) is 2. The van der Waals surface area contributed by atoms with Crippen LogP contribution in [0.25, 0.3) is 38.7 Å². The average Bonchev–Trinajstić information content (AvgIpc) is 3.75. The maximum atomic E-state index is 11.2. The number of methoxy groups -OCH3 is 8. The highest BCUT2D eigenvalue weighted by Gasteiger charge is 2.25. The number of rotatable bonds is 9. The lowest BCUT2D eigenvalue weighted by molar-refractivity contribution is -0.134. The van der Waals surface area contributed by atoms with Crippen LogP contribution in [0.3, 0.4) is 0 Å². The number of hydrogen-bond donors (Lipinski definition) is 3. The van der Waals surface area contributed by atoms with Crippen LogP contribution in [0.15, 0.2) is 48.5 Å². The van der Waals surface area contributed by atoms with Gasteiger partial charge in [-0.15, -0.1) is 10.2 Å². The molecule has 8 aromatic rings. The van der Waals surface area contributed by atoms with E-state index in [1.54, 1.807) is 85.1 Å². The molecule has 25 heteroatoms. The number of nitrogens with zero attached hydrogens (tertiary/aromatic N) is 8. The van der Waals surface area contributed by atoms with Crippen molar-refractivity contribution in [3.8, 4) is 46.0 Å². The number of benzene rings is 4. The Labute approximate surface area is 407 Å². The quantitative estimate of drug-likeness (QED) is 0.0716. The Hall–Kier alpha value is -7.17. The number of anilines is 2. The fourth-order valence-electron chi connectivity index (χ4n) is 6.49. The second-order valence-electron chi connectivity index (χ2n) is 13.6. The number of nitrogen functional groups attached to an aromatic ring is 1. The van der Waals surface area contributed by atoms with E-state index in [2.05, 4.69) is 45.9 Å². The molecule has 0 spiro atoms. The number of aryl methyl sites for hydroxylation is 1. The first-order valence-corrected chi connectivity index (χ1v) is 21.0. The lowest BCUT2D eigenvalue weighted by atomic mass is 10.0. The number of hydrogen-bond acceptors (Lipinski definition) is 19. The first-order chi connectivity index (χ1) is 32.6. The van der Waals surface area contributed by atoms with Gasteiger partial charge >= 0.3 is 0 Å². The van der Waals surface area contributed by atoms with Gasteiger partial charge in [0.1, 0.15) is 5.82 Å². The topological polar surface area (TPSA) is 253 Å². The molecule has 1 amide bonds. The van der Waals surface area contributed by atoms with Gasteiger partial charge in [-0.25, -0.2) is 30.8 Å². The van der Waals surface area contributed by atoms with Crippen molar-refractivity contribution in [2.45, 2.75) is 13.3 Å². The van der Waals surface area contributed by atoms with Crippen LogP contribution in [0.4, 0.5) is 11.5 Å². The van der Waals surface area contributed by atoms with E-state index in [9.17, 15) is 9.59 Å². The average molecular weight is 1010 g/mol. The molecule has 1 aliphatic rings. The highest BCUT2D eigenvalue weighted by Crippen LogP contribution is 2.37. The molecule has 9 rings (SSSR count). The Bertz CT molecular complexity index is 3110. The minimum absolute atomic E-state index is 0.0987. The van der Waals surface area contributed by atoms with Gasteiger partial charge in [0.05, 0.1) is 90.0 Å². The maximum Gasteiger partial charge on any atom is 0.292 e. The summed E-state index contributed by atoms with van der Waals surface area (Å²) in [4.78, 5) is 43.3. The van der Waals surface area contributed by atoms with Crippen LogP contribution in [0, 0.1) is 6.92 Å². The number of fused-ring (bicyclic) bond motifs is 6. The standard InChI is InChI=1S/C12H11ClN4O2.C11H11NO4.C10H8Cl2N2O2.C10H11ClN4O2/c1-6-15-16-12-11(13)14-7-4-9(18-2)10(19-3)5-8(7)17(6)12;1-15-9-4-6-3-8(13)11(14)12-7(6)5-10(9)16-2;1-15-7-3-5-6(4-8(7)16-2)14-10(12)9(11)13-5;1-16-7-3-5-6(4-8(7)17-2)14-10(15-12)9(11)13-5/h4-5H,1-3H3;4-5H,3H2,1-2H3,(H,12,14);3-4H,1-2H3;3-4H,12H2,1-2H3,(H,14,15). The van der Waals surface area contributed by atoms with Gasteiger partial charge in [-0.3, -0.25) is 14.0 Å². The number of halogens is 4. The van der Waals surface area contributed by atoms with Crippen LogP contribution in [-0.4, -0.2) is 108 Å². The molecule has 0 unspecified atom stereocenters. The molecule has 0 aliphatic carbocycles. The minimum Gasteiger partial charge on any atom is -0.493 e. The molecule has 21 nitrogen and oxygen atoms in total. The van der Waals surface area contributed by atoms with Crippen LogP contribution in [0.5, 0.6) is 46.0 Å². The third-order valence-electron chi connectivity index (χ3n) is 9.76. The summed E-state index contributed by atoms with van der Waals surface area (Å²) in [5.41, 5.74) is 8.17. The second-order valence-corrected chi connectivity index (χ2v) is 15.1. The zero-order chi connectivity index (χ0) is 49.4. The number of ether oxygens (including phenoxy) is 8. The molecule has 4 N–H and O–H groups in total. The first kappa shape index (κ1) is 50.2. The van der Waals surface area contributed by atoms with E-state index in [-0.39, 0.29) is 21.9 Å². The van der Waals surface area contributed by atoms with Gasteiger partial charge in [0.15, 0.2) is 78.1 Å². The highest BCUT2D eigenvalue weighted by atomic mass is 35.5. The Morgan fingerprint density at radius 1 is 0.529 bits per heavy atom. The Kier molecular flexibility index (Phi) is 16.3. The van der Waals surface area contributed by atoms with Crippen LogP contribution >= 0.6 is 46.4 Å². The molecular formula is C43H41Cl4N11O10. The lowest BCUT2D eigenvalue weighted by Gasteiger charge is -2.18. The normalized spacial score (nSPS) is 11.5. The second kappa shape index (κ2) is 22.1. The number of hydrazine groups is 1. The van der Waals surface area contributed by atoms with E-state index in [0.29, 0.717) is 95.9 Å². The zero-order valence-corrected chi connectivity index (χ0v) is 40.6. The Morgan fingerprint density at radius 3 is 1.40 bits per heavy atom. The van der Waals surface area contributed by atoms with Gasteiger partial charge in [-0.2, -0.15) is 0 Å². The molecule has 4 aromatic heterocycles. The van der Waals surface area contributed by atoms with Crippen molar-refractivity contribution in [2.24, 2.45) is 5.84 Å². The number of aromatic nitrogens is 8. The molecule has 356 valence electrons. The van der Waals surface area contributed by atoms with Crippen molar-refractivity contribution < 1.29 is 47.5 Å². The molecule has 0 radical (unpaired) electrons. The number of nitrogens with two attached hydrogens (primary N) is 1. The number of Topliss-reactive ketones (excluding diaryl/α,β-unsaturated/α-hetero) is 1. The van der Waals surface area contributed by atoms with Crippen molar-refractivity contribution in [3.05, 3.63) is 80.5 Å². The van der Waals surface area contributed by atoms with Gasteiger partial charge in [0, 0.05) is 54.6 Å². The predicted octanol–water partition coefficient (Wildman–Crippen LogP) is 7.56. The van der Waals surface area contributed by atoms with E-state index in [0.717, 1.165) is 16.9 Å². The van der Waals surface area contributed by atoms with E-state index < -0.39 is 11.7 Å². The fraction of sp³-hybridized carbons (Fsp3) is 0.233. The number of ketones is 1. The predicted molar refractivity (Wildman–Crippen MR) is 256 cm³/mol. The zero-order valence-electron chi connectivity index (χ0n) is 37.6. The first-order valence-electron chi connectivity index (χ1n) is 19.5. The van der Waals surface area contributed by atoms with Crippen LogP contribution < -0.4 is 54.5 Å². The van der Waals surface area contributed by atoms with E-state index in [4.69, 9.17) is 90.1 Å². The lowest BCUT2D eigenvalue weighted by Crippen LogP contribution is -2.29. The van der Waals surface area contributed by atoms with Crippen molar-refractivity contribution in [1.29, 1.82) is 0 Å². The van der Waals surface area contributed by atoms with Crippen molar-refractivity contribution in [2.75, 3.05) is 67.6 Å².